The van der Waals surface area contributed by atoms with E-state index in [-0.39, 0.29) is 24.4 Å². The molecule has 8 nitrogen and oxygen atoms in total. The van der Waals surface area contributed by atoms with Crippen LogP contribution in [0.1, 0.15) is 23.2 Å². The van der Waals surface area contributed by atoms with Crippen molar-refractivity contribution in [3.63, 3.8) is 0 Å². The number of nitrogens with one attached hydrogen (secondary N) is 1. The lowest BCUT2D eigenvalue weighted by molar-refractivity contribution is -0.117. The van der Waals surface area contributed by atoms with Gasteiger partial charge in [0.05, 0.1) is 19.9 Å². The Morgan fingerprint density at radius 1 is 0.919 bits per heavy atom. The van der Waals surface area contributed by atoms with Crippen molar-refractivity contribution in [1.82, 2.24) is 14.5 Å². The minimum Gasteiger partial charge on any atom is -0.497 e. The summed E-state index contributed by atoms with van der Waals surface area (Å²) in [6, 6.07) is 24.2. The maximum atomic E-state index is 13.2. The maximum Gasteiger partial charge on any atom is 0.254 e. The summed E-state index contributed by atoms with van der Waals surface area (Å²) in [6.45, 7) is -0.0499. The molecular weight excluding hydrogens is 468 g/mol. The SMILES string of the molecule is COc1ccc(-c2cn(-c3ccc(OC)cc3)c(NC(=O)CN(C(=O)c3ccccc3)C3CC3)n2)cc1. The van der Waals surface area contributed by atoms with Crippen molar-refractivity contribution in [3.8, 4) is 28.4 Å². The second kappa shape index (κ2) is 10.6. The number of methoxy groups -OCH3 is 2. The smallest absolute Gasteiger partial charge is 0.254 e. The molecule has 1 saturated carbocycles. The van der Waals surface area contributed by atoms with Crippen LogP contribution in [0.2, 0.25) is 0 Å². The van der Waals surface area contributed by atoms with E-state index in [0.29, 0.717) is 17.2 Å². The molecule has 1 aliphatic rings. The van der Waals surface area contributed by atoms with E-state index >= 15 is 0 Å². The van der Waals surface area contributed by atoms with Gasteiger partial charge in [-0.05, 0) is 73.5 Å². The van der Waals surface area contributed by atoms with Crippen LogP contribution < -0.4 is 14.8 Å². The van der Waals surface area contributed by atoms with Gasteiger partial charge in [0.15, 0.2) is 0 Å². The molecule has 5 rings (SSSR count). The van der Waals surface area contributed by atoms with Crippen molar-refractivity contribution in [2.45, 2.75) is 18.9 Å². The fourth-order valence-corrected chi connectivity index (χ4v) is 4.13. The molecule has 0 bridgehead atoms. The molecule has 1 heterocycles. The van der Waals surface area contributed by atoms with Crippen LogP contribution in [0.15, 0.2) is 85.1 Å². The average Bonchev–Trinajstić information content (AvgIpc) is 3.71. The quantitative estimate of drug-likeness (QED) is 0.360. The van der Waals surface area contributed by atoms with Crippen LogP contribution in [0.4, 0.5) is 5.95 Å². The van der Waals surface area contributed by atoms with E-state index in [9.17, 15) is 9.59 Å². The molecule has 4 aromatic rings. The van der Waals surface area contributed by atoms with Gasteiger partial charge < -0.3 is 14.4 Å². The molecule has 0 radical (unpaired) electrons. The van der Waals surface area contributed by atoms with Crippen molar-refractivity contribution in [2.24, 2.45) is 0 Å². The minimum absolute atomic E-state index is 0.0499. The first-order valence-electron chi connectivity index (χ1n) is 12.1. The van der Waals surface area contributed by atoms with Gasteiger partial charge in [0.2, 0.25) is 11.9 Å². The Balaban J connectivity index is 1.42. The summed E-state index contributed by atoms with van der Waals surface area (Å²) in [7, 11) is 3.23. The maximum absolute atomic E-state index is 13.2. The van der Waals surface area contributed by atoms with Crippen molar-refractivity contribution in [1.29, 1.82) is 0 Å². The highest BCUT2D eigenvalue weighted by molar-refractivity contribution is 5.99. The summed E-state index contributed by atoms with van der Waals surface area (Å²) in [5.74, 6) is 1.39. The Morgan fingerprint density at radius 2 is 1.54 bits per heavy atom. The Morgan fingerprint density at radius 3 is 2.14 bits per heavy atom. The number of aromatic nitrogens is 2. The highest BCUT2D eigenvalue weighted by atomic mass is 16.5. The van der Waals surface area contributed by atoms with Crippen molar-refractivity contribution >= 4 is 17.8 Å². The predicted molar refractivity (Wildman–Crippen MR) is 141 cm³/mol. The first-order chi connectivity index (χ1) is 18.1. The molecule has 0 spiro atoms. The van der Waals surface area contributed by atoms with Crippen LogP contribution in [0.25, 0.3) is 16.9 Å². The Hall–Kier alpha value is -4.59. The number of carbonyl (C=O) groups excluding carboxylic acids is 2. The number of rotatable bonds is 9. The zero-order chi connectivity index (χ0) is 25.8. The molecule has 1 fully saturated rings. The zero-order valence-electron chi connectivity index (χ0n) is 20.8. The van der Waals surface area contributed by atoms with Gasteiger partial charge in [-0.1, -0.05) is 18.2 Å². The number of ether oxygens (including phenoxy) is 2. The molecule has 3 aromatic carbocycles. The van der Waals surface area contributed by atoms with Crippen molar-refractivity contribution in [3.05, 3.63) is 90.6 Å². The fourth-order valence-electron chi connectivity index (χ4n) is 4.13. The lowest BCUT2D eigenvalue weighted by atomic mass is 10.1. The molecule has 188 valence electrons. The first kappa shape index (κ1) is 24.1. The third-order valence-corrected chi connectivity index (χ3v) is 6.28. The van der Waals surface area contributed by atoms with E-state index in [1.165, 1.54) is 0 Å². The molecule has 0 aliphatic heterocycles. The molecule has 1 N–H and O–H groups in total. The lowest BCUT2D eigenvalue weighted by Gasteiger charge is -2.22. The van der Waals surface area contributed by atoms with Gasteiger partial charge in [0, 0.05) is 29.1 Å². The predicted octanol–water partition coefficient (Wildman–Crippen LogP) is 4.80. The van der Waals surface area contributed by atoms with Gasteiger partial charge in [-0.25, -0.2) is 4.98 Å². The second-order valence-electron chi connectivity index (χ2n) is 8.82. The molecule has 0 unspecified atom stereocenters. The molecule has 0 saturated heterocycles. The average molecular weight is 497 g/mol. The summed E-state index contributed by atoms with van der Waals surface area (Å²) in [5.41, 5.74) is 2.95. The van der Waals surface area contributed by atoms with E-state index < -0.39 is 0 Å². The molecule has 37 heavy (non-hydrogen) atoms. The summed E-state index contributed by atoms with van der Waals surface area (Å²) in [5, 5.41) is 2.93. The summed E-state index contributed by atoms with van der Waals surface area (Å²) in [6.07, 6.45) is 3.66. The summed E-state index contributed by atoms with van der Waals surface area (Å²) >= 11 is 0. The van der Waals surface area contributed by atoms with Gasteiger partial charge in [0.1, 0.15) is 18.0 Å². The van der Waals surface area contributed by atoms with E-state index in [0.717, 1.165) is 35.6 Å². The van der Waals surface area contributed by atoms with Crippen LogP contribution in [0, 0.1) is 0 Å². The first-order valence-corrected chi connectivity index (χ1v) is 12.1. The highest BCUT2D eigenvalue weighted by Crippen LogP contribution is 2.29. The Kier molecular flexibility index (Phi) is 6.89. The fraction of sp³-hybridized carbons (Fsp3) is 0.207. The molecule has 1 aliphatic carbocycles. The van der Waals surface area contributed by atoms with Gasteiger partial charge in [-0.2, -0.15) is 0 Å². The van der Waals surface area contributed by atoms with Gasteiger partial charge in [0.25, 0.3) is 5.91 Å². The minimum atomic E-state index is -0.308. The Labute approximate surface area is 215 Å². The monoisotopic (exact) mass is 496 g/mol. The second-order valence-corrected chi connectivity index (χ2v) is 8.82. The number of nitrogens with zero attached hydrogens (tertiary/aromatic N) is 3. The largest absolute Gasteiger partial charge is 0.497 e. The number of anilines is 1. The van der Waals surface area contributed by atoms with Crippen LogP contribution in [0.5, 0.6) is 11.5 Å². The van der Waals surface area contributed by atoms with Crippen LogP contribution in [-0.2, 0) is 4.79 Å². The normalized spacial score (nSPS) is 12.6. The number of benzene rings is 3. The zero-order valence-corrected chi connectivity index (χ0v) is 20.8. The van der Waals surface area contributed by atoms with Crippen LogP contribution >= 0.6 is 0 Å². The number of hydrogen-bond acceptors (Lipinski definition) is 5. The van der Waals surface area contributed by atoms with E-state index in [2.05, 4.69) is 5.32 Å². The van der Waals surface area contributed by atoms with Crippen LogP contribution in [0.3, 0.4) is 0 Å². The van der Waals surface area contributed by atoms with Gasteiger partial charge in [-0.3, -0.25) is 19.5 Å². The number of amides is 2. The summed E-state index contributed by atoms with van der Waals surface area (Å²) < 4.78 is 12.4. The van der Waals surface area contributed by atoms with Gasteiger partial charge >= 0.3 is 0 Å². The third kappa shape index (κ3) is 5.48. The highest BCUT2D eigenvalue weighted by Gasteiger charge is 2.34. The number of hydrogen-bond donors (Lipinski definition) is 1. The van der Waals surface area contributed by atoms with Gasteiger partial charge in [-0.15, -0.1) is 0 Å². The molecule has 2 amide bonds. The molecule has 0 atom stereocenters. The lowest BCUT2D eigenvalue weighted by Crippen LogP contribution is -2.39. The number of imidazole rings is 1. The van der Waals surface area contributed by atoms with Crippen LogP contribution in [-0.4, -0.2) is 53.1 Å². The number of carbonyl (C=O) groups is 2. The molecular formula is C29H28N4O4. The molecule has 1 aromatic heterocycles. The van der Waals surface area contributed by atoms with Crippen molar-refractivity contribution < 1.29 is 19.1 Å². The van der Waals surface area contributed by atoms with E-state index in [1.807, 2.05) is 77.5 Å². The van der Waals surface area contributed by atoms with Crippen molar-refractivity contribution in [2.75, 3.05) is 26.1 Å². The topological polar surface area (TPSA) is 85.7 Å². The van der Waals surface area contributed by atoms with E-state index in [4.69, 9.17) is 14.5 Å². The Bertz CT molecular complexity index is 1380. The summed E-state index contributed by atoms with van der Waals surface area (Å²) in [4.78, 5) is 32.7. The molecule has 8 heteroatoms. The third-order valence-electron chi connectivity index (χ3n) is 6.28. The standard InChI is InChI=1S/C29H28N4O4/c1-36-24-14-8-20(9-15-24)26-18-33(23-12-16-25(37-2)17-13-23)29(30-26)31-27(34)19-32(22-10-11-22)28(35)21-6-4-3-5-7-21/h3-9,12-18,22H,10-11,19H2,1-2H3,(H,30,31,34). The van der Waals surface area contributed by atoms with E-state index in [1.54, 1.807) is 31.3 Å².